The molecule has 0 saturated carbocycles. The highest BCUT2D eigenvalue weighted by atomic mass is 35.6. The molecule has 0 aliphatic rings. The Labute approximate surface area is 196 Å². The van der Waals surface area contributed by atoms with Gasteiger partial charge in [0.2, 0.25) is 14.8 Å². The van der Waals surface area contributed by atoms with Crippen LogP contribution < -0.4 is 20.7 Å². The number of halogens is 2. The standard InChI is InChI=1S/C27H26Cl2Si2/c28-30(24-14-5-1-6-15-24,25-16-7-2-8-17-25)22-13-23-31(29,26-18-9-3-10-19-26)27-20-11-4-12-21-27/h1-12,14-21H,13,22-23H2. The molecule has 0 aromatic heterocycles. The van der Waals surface area contributed by atoms with E-state index in [-0.39, 0.29) is 0 Å². The van der Waals surface area contributed by atoms with Crippen LogP contribution in [0.15, 0.2) is 121 Å². The van der Waals surface area contributed by atoms with Gasteiger partial charge < -0.3 is 0 Å². The summed E-state index contributed by atoms with van der Waals surface area (Å²) in [7, 11) is -4.73. The molecule has 156 valence electrons. The third-order valence-electron chi connectivity index (χ3n) is 5.97. The second kappa shape index (κ2) is 10.0. The predicted molar refractivity (Wildman–Crippen MR) is 142 cm³/mol. The molecule has 0 spiro atoms. The maximum Gasteiger partial charge on any atom is 0.217 e. The first kappa shape index (κ1) is 22.1. The summed E-state index contributed by atoms with van der Waals surface area (Å²) in [6.07, 6.45) is 0.999. The molecule has 0 nitrogen and oxygen atoms in total. The minimum Gasteiger partial charge on any atom is -0.155 e. The van der Waals surface area contributed by atoms with Crippen LogP contribution in [0.2, 0.25) is 12.1 Å². The van der Waals surface area contributed by atoms with Crippen LogP contribution in [0.4, 0.5) is 0 Å². The highest BCUT2D eigenvalue weighted by molar-refractivity contribution is 7.35. The molecular weight excluding hydrogens is 451 g/mol. The van der Waals surface area contributed by atoms with Crippen LogP contribution in [0, 0.1) is 0 Å². The van der Waals surface area contributed by atoms with Gasteiger partial charge in [-0.05, 0) is 32.8 Å². The fourth-order valence-electron chi connectivity index (χ4n) is 4.30. The van der Waals surface area contributed by atoms with Crippen LogP contribution in [0.1, 0.15) is 6.42 Å². The molecule has 0 amide bonds. The Morgan fingerprint density at radius 3 is 0.839 bits per heavy atom. The lowest BCUT2D eigenvalue weighted by Crippen LogP contribution is -2.55. The fourth-order valence-corrected chi connectivity index (χ4v) is 13.0. The summed E-state index contributed by atoms with van der Waals surface area (Å²) in [5.74, 6) is 0. The van der Waals surface area contributed by atoms with Crippen molar-refractivity contribution in [2.45, 2.75) is 18.5 Å². The van der Waals surface area contributed by atoms with E-state index in [2.05, 4.69) is 121 Å². The second-order valence-corrected chi connectivity index (χ2v) is 18.3. The predicted octanol–water partition coefficient (Wildman–Crippen LogP) is 5.37. The third-order valence-corrected chi connectivity index (χ3v) is 16.8. The zero-order chi connectivity index (χ0) is 21.6. The van der Waals surface area contributed by atoms with Crippen LogP contribution in [0.5, 0.6) is 0 Å². The zero-order valence-corrected chi connectivity index (χ0v) is 20.9. The van der Waals surface area contributed by atoms with Crippen molar-refractivity contribution in [1.29, 1.82) is 0 Å². The lowest BCUT2D eigenvalue weighted by molar-refractivity contribution is 1.05. The van der Waals surface area contributed by atoms with Gasteiger partial charge >= 0.3 is 0 Å². The molecule has 0 aliphatic carbocycles. The molecular formula is C27H26Cl2Si2. The summed E-state index contributed by atoms with van der Waals surface area (Å²) in [4.78, 5) is 0. The van der Waals surface area contributed by atoms with E-state index in [1.807, 2.05) is 0 Å². The molecule has 4 aromatic carbocycles. The van der Waals surface area contributed by atoms with Crippen LogP contribution in [-0.2, 0) is 0 Å². The number of hydrogen-bond donors (Lipinski definition) is 0. The summed E-state index contributed by atoms with van der Waals surface area (Å²) in [5, 5.41) is 5.07. The fraction of sp³-hybridized carbons (Fsp3) is 0.111. The van der Waals surface area contributed by atoms with Gasteiger partial charge in [0.05, 0.1) is 0 Å². The molecule has 0 N–H and O–H groups in total. The van der Waals surface area contributed by atoms with Gasteiger partial charge in [-0.15, -0.1) is 0 Å². The van der Waals surface area contributed by atoms with E-state index in [4.69, 9.17) is 22.2 Å². The largest absolute Gasteiger partial charge is 0.217 e. The molecule has 0 fully saturated rings. The summed E-state index contributed by atoms with van der Waals surface area (Å²) in [5.41, 5.74) is 0. The van der Waals surface area contributed by atoms with Gasteiger partial charge in [-0.2, -0.15) is 22.2 Å². The van der Waals surface area contributed by atoms with E-state index in [0.29, 0.717) is 0 Å². The third kappa shape index (κ3) is 4.88. The minimum atomic E-state index is -2.37. The van der Waals surface area contributed by atoms with Gasteiger partial charge in [-0.3, -0.25) is 0 Å². The molecule has 4 rings (SSSR count). The Balaban J connectivity index is 1.64. The normalized spacial score (nSPS) is 11.9. The first-order valence-corrected chi connectivity index (χ1v) is 17.2. The number of hydrogen-bond acceptors (Lipinski definition) is 0. The van der Waals surface area contributed by atoms with Gasteiger partial charge in [0.25, 0.3) is 0 Å². The van der Waals surface area contributed by atoms with Gasteiger partial charge in [-0.1, -0.05) is 128 Å². The summed E-state index contributed by atoms with van der Waals surface area (Å²) in [6.45, 7) is 0. The Bertz CT molecular complexity index is 903. The molecule has 0 saturated heterocycles. The first-order chi connectivity index (χ1) is 15.1. The van der Waals surface area contributed by atoms with Gasteiger partial charge in [0.1, 0.15) is 0 Å². The highest BCUT2D eigenvalue weighted by Gasteiger charge is 2.39. The van der Waals surface area contributed by atoms with E-state index in [0.717, 1.165) is 18.5 Å². The van der Waals surface area contributed by atoms with Gasteiger partial charge in [0, 0.05) is 0 Å². The Morgan fingerprint density at radius 1 is 0.387 bits per heavy atom. The minimum absolute atomic E-state index is 0.962. The maximum atomic E-state index is 7.52. The van der Waals surface area contributed by atoms with Crippen LogP contribution in [0.25, 0.3) is 0 Å². The summed E-state index contributed by atoms with van der Waals surface area (Å²) < 4.78 is 0. The van der Waals surface area contributed by atoms with Gasteiger partial charge in [-0.25, -0.2) is 0 Å². The smallest absolute Gasteiger partial charge is 0.155 e. The Morgan fingerprint density at radius 2 is 0.613 bits per heavy atom. The van der Waals surface area contributed by atoms with Crippen molar-refractivity contribution in [1.82, 2.24) is 0 Å². The molecule has 4 aromatic rings. The van der Waals surface area contributed by atoms with Gasteiger partial charge in [0.15, 0.2) is 0 Å². The van der Waals surface area contributed by atoms with E-state index < -0.39 is 14.8 Å². The average Bonchev–Trinajstić information content (AvgIpc) is 2.86. The van der Waals surface area contributed by atoms with Crippen LogP contribution >= 0.6 is 22.2 Å². The molecule has 4 heteroatoms. The molecule has 0 radical (unpaired) electrons. The van der Waals surface area contributed by atoms with Crippen molar-refractivity contribution < 1.29 is 0 Å². The van der Waals surface area contributed by atoms with Crippen molar-refractivity contribution in [3.63, 3.8) is 0 Å². The summed E-state index contributed by atoms with van der Waals surface area (Å²) in [6, 6.07) is 44.4. The number of rotatable bonds is 8. The monoisotopic (exact) mass is 476 g/mol. The van der Waals surface area contributed by atoms with Crippen molar-refractivity contribution >= 4 is 57.7 Å². The Kier molecular flexibility index (Phi) is 7.14. The van der Waals surface area contributed by atoms with E-state index in [1.165, 1.54) is 20.7 Å². The van der Waals surface area contributed by atoms with E-state index in [1.54, 1.807) is 0 Å². The molecule has 0 atom stereocenters. The van der Waals surface area contributed by atoms with Crippen molar-refractivity contribution in [2.75, 3.05) is 0 Å². The SMILES string of the molecule is Cl[Si](CCC[Si](Cl)(c1ccccc1)c1ccccc1)(c1ccccc1)c1ccccc1. The van der Waals surface area contributed by atoms with Crippen LogP contribution in [0.3, 0.4) is 0 Å². The van der Waals surface area contributed by atoms with Crippen molar-refractivity contribution in [3.8, 4) is 0 Å². The molecule has 0 aliphatic heterocycles. The topological polar surface area (TPSA) is 0 Å². The quantitative estimate of drug-likeness (QED) is 0.236. The highest BCUT2D eigenvalue weighted by Crippen LogP contribution is 2.25. The average molecular weight is 478 g/mol. The maximum absolute atomic E-state index is 7.52. The first-order valence-electron chi connectivity index (χ1n) is 10.7. The zero-order valence-electron chi connectivity index (χ0n) is 17.4. The second-order valence-electron chi connectivity index (χ2n) is 7.92. The lowest BCUT2D eigenvalue weighted by Gasteiger charge is -2.29. The molecule has 0 unspecified atom stereocenters. The molecule has 0 heterocycles. The van der Waals surface area contributed by atoms with Crippen molar-refractivity contribution in [2.24, 2.45) is 0 Å². The van der Waals surface area contributed by atoms with Crippen molar-refractivity contribution in [3.05, 3.63) is 121 Å². The number of benzene rings is 4. The lowest BCUT2D eigenvalue weighted by atomic mass is 10.4. The summed E-state index contributed by atoms with van der Waals surface area (Å²) >= 11 is 15.0. The molecule has 31 heavy (non-hydrogen) atoms. The van der Waals surface area contributed by atoms with E-state index in [9.17, 15) is 0 Å². The van der Waals surface area contributed by atoms with E-state index >= 15 is 0 Å². The molecule has 0 bridgehead atoms. The Hall–Kier alpha value is -2.11. The van der Waals surface area contributed by atoms with Crippen LogP contribution in [-0.4, -0.2) is 14.8 Å².